The molecule has 0 spiro atoms. The highest BCUT2D eigenvalue weighted by atomic mass is 16.5. The predicted molar refractivity (Wildman–Crippen MR) is 92.9 cm³/mol. The summed E-state index contributed by atoms with van der Waals surface area (Å²) in [4.78, 5) is 30.7. The van der Waals surface area contributed by atoms with Gasteiger partial charge in [-0.05, 0) is 26.7 Å². The minimum absolute atomic E-state index is 0.0284. The van der Waals surface area contributed by atoms with Crippen molar-refractivity contribution in [3.8, 4) is 0 Å². The van der Waals surface area contributed by atoms with E-state index in [4.69, 9.17) is 4.74 Å². The van der Waals surface area contributed by atoms with Crippen LogP contribution in [-0.4, -0.2) is 91.2 Å². The number of hydrogen-bond donors (Lipinski definition) is 1. The first-order chi connectivity index (χ1) is 11.5. The summed E-state index contributed by atoms with van der Waals surface area (Å²) >= 11 is 0. The molecular formula is C17H32N4O3. The van der Waals surface area contributed by atoms with Crippen LogP contribution in [0.3, 0.4) is 0 Å². The van der Waals surface area contributed by atoms with E-state index < -0.39 is 0 Å². The molecule has 2 rings (SSSR count). The second-order valence-corrected chi connectivity index (χ2v) is 6.78. The first kappa shape index (κ1) is 19.0. The molecule has 2 fully saturated rings. The maximum atomic E-state index is 12.6. The van der Waals surface area contributed by atoms with Crippen molar-refractivity contribution in [3.05, 3.63) is 0 Å². The minimum Gasteiger partial charge on any atom is -0.379 e. The van der Waals surface area contributed by atoms with Crippen LogP contribution < -0.4 is 5.32 Å². The van der Waals surface area contributed by atoms with Gasteiger partial charge in [-0.3, -0.25) is 9.69 Å². The first-order valence-electron chi connectivity index (χ1n) is 9.18. The Hall–Kier alpha value is -1.34. The Kier molecular flexibility index (Phi) is 7.30. The lowest BCUT2D eigenvalue weighted by Crippen LogP contribution is -2.55. The summed E-state index contributed by atoms with van der Waals surface area (Å²) in [6.07, 6.45) is 1.79. The SMILES string of the molecule is CCCN1CCCN(C(=O)N[C@H](C)[C@H](C)N2CCOCC2)CC1=O. The zero-order valence-electron chi connectivity index (χ0n) is 15.3. The summed E-state index contributed by atoms with van der Waals surface area (Å²) < 4.78 is 5.38. The van der Waals surface area contributed by atoms with Crippen LogP contribution in [0.15, 0.2) is 0 Å². The summed E-state index contributed by atoms with van der Waals surface area (Å²) in [7, 11) is 0. The van der Waals surface area contributed by atoms with E-state index in [0.29, 0.717) is 6.54 Å². The molecule has 7 nitrogen and oxygen atoms in total. The van der Waals surface area contributed by atoms with Crippen LogP contribution in [0, 0.1) is 0 Å². The number of hydrogen-bond acceptors (Lipinski definition) is 4. The van der Waals surface area contributed by atoms with Crippen molar-refractivity contribution in [1.82, 2.24) is 20.0 Å². The van der Waals surface area contributed by atoms with E-state index >= 15 is 0 Å². The molecule has 2 atom stereocenters. The lowest BCUT2D eigenvalue weighted by molar-refractivity contribution is -0.130. The van der Waals surface area contributed by atoms with Crippen LogP contribution in [0.25, 0.3) is 0 Å². The van der Waals surface area contributed by atoms with E-state index in [1.54, 1.807) is 4.90 Å². The first-order valence-corrected chi connectivity index (χ1v) is 9.18. The standard InChI is InChI=1S/C17H32N4O3/c1-4-6-20-7-5-8-21(13-16(20)22)17(23)18-14(2)15(3)19-9-11-24-12-10-19/h14-15H,4-13H2,1-3H3,(H,18,23)/t14-,15+/m1/s1. The zero-order chi connectivity index (χ0) is 17.5. The number of carbonyl (C=O) groups excluding carboxylic acids is 2. The average molecular weight is 340 g/mol. The van der Waals surface area contributed by atoms with Gasteiger partial charge in [-0.2, -0.15) is 0 Å². The number of carbonyl (C=O) groups is 2. The molecule has 2 saturated heterocycles. The number of morpholine rings is 1. The number of urea groups is 1. The largest absolute Gasteiger partial charge is 0.379 e. The summed E-state index contributed by atoms with van der Waals surface area (Å²) in [5, 5.41) is 3.08. The van der Waals surface area contributed by atoms with Gasteiger partial charge in [-0.25, -0.2) is 4.79 Å². The third-order valence-corrected chi connectivity index (χ3v) is 5.01. The monoisotopic (exact) mass is 340 g/mol. The van der Waals surface area contributed by atoms with Crippen LogP contribution in [-0.2, 0) is 9.53 Å². The Morgan fingerprint density at radius 2 is 1.92 bits per heavy atom. The number of nitrogens with zero attached hydrogens (tertiary/aromatic N) is 3. The summed E-state index contributed by atoms with van der Waals surface area (Å²) in [6, 6.07) is 0.145. The molecule has 0 unspecified atom stereocenters. The van der Waals surface area contributed by atoms with Crippen LogP contribution in [0.1, 0.15) is 33.6 Å². The van der Waals surface area contributed by atoms with Gasteiger partial charge in [0.2, 0.25) is 5.91 Å². The summed E-state index contributed by atoms with van der Waals surface area (Å²) in [5.74, 6) is 0.0541. The molecular weight excluding hydrogens is 308 g/mol. The van der Waals surface area contributed by atoms with E-state index in [0.717, 1.165) is 52.2 Å². The van der Waals surface area contributed by atoms with E-state index in [9.17, 15) is 9.59 Å². The maximum Gasteiger partial charge on any atom is 0.318 e. The van der Waals surface area contributed by atoms with Crippen molar-refractivity contribution in [1.29, 1.82) is 0 Å². The molecule has 7 heteroatoms. The molecule has 2 heterocycles. The van der Waals surface area contributed by atoms with Gasteiger partial charge < -0.3 is 19.9 Å². The quantitative estimate of drug-likeness (QED) is 0.802. The van der Waals surface area contributed by atoms with Crippen LogP contribution in [0.5, 0.6) is 0 Å². The molecule has 0 bridgehead atoms. The highest BCUT2D eigenvalue weighted by Gasteiger charge is 2.28. The number of amides is 3. The van der Waals surface area contributed by atoms with Gasteiger partial charge >= 0.3 is 6.03 Å². The molecule has 24 heavy (non-hydrogen) atoms. The molecule has 2 aliphatic heterocycles. The molecule has 138 valence electrons. The fourth-order valence-corrected chi connectivity index (χ4v) is 3.31. The molecule has 0 saturated carbocycles. The third kappa shape index (κ3) is 5.08. The number of nitrogens with one attached hydrogen (secondary N) is 1. The highest BCUT2D eigenvalue weighted by Crippen LogP contribution is 2.10. The second kappa shape index (κ2) is 9.22. The van der Waals surface area contributed by atoms with Crippen molar-refractivity contribution in [3.63, 3.8) is 0 Å². The van der Waals surface area contributed by atoms with Crippen molar-refractivity contribution in [2.45, 2.75) is 45.7 Å². The van der Waals surface area contributed by atoms with Crippen molar-refractivity contribution in [2.75, 3.05) is 52.5 Å². The Morgan fingerprint density at radius 1 is 1.21 bits per heavy atom. The van der Waals surface area contributed by atoms with E-state index in [2.05, 4.69) is 24.1 Å². The molecule has 2 aliphatic rings. The number of ether oxygens (including phenoxy) is 1. The van der Waals surface area contributed by atoms with Gasteiger partial charge in [0.1, 0.15) is 6.54 Å². The normalized spacial score (nSPS) is 22.9. The Bertz CT molecular complexity index is 426. The lowest BCUT2D eigenvalue weighted by atomic mass is 10.1. The molecule has 0 aromatic carbocycles. The molecule has 3 amide bonds. The molecule has 1 N–H and O–H groups in total. The Labute approximate surface area is 145 Å². The van der Waals surface area contributed by atoms with Crippen molar-refractivity contribution >= 4 is 11.9 Å². The molecule has 0 radical (unpaired) electrons. The fraction of sp³-hybridized carbons (Fsp3) is 0.882. The van der Waals surface area contributed by atoms with Gasteiger partial charge in [0.05, 0.1) is 13.2 Å². The van der Waals surface area contributed by atoms with Gasteiger partial charge in [0.15, 0.2) is 0 Å². The Balaban J connectivity index is 1.85. The number of rotatable bonds is 5. The van der Waals surface area contributed by atoms with E-state index in [1.807, 2.05) is 11.8 Å². The average Bonchev–Trinajstić information content (AvgIpc) is 2.77. The molecule has 0 aromatic rings. The second-order valence-electron chi connectivity index (χ2n) is 6.78. The van der Waals surface area contributed by atoms with Crippen LogP contribution in [0.2, 0.25) is 0 Å². The fourth-order valence-electron chi connectivity index (χ4n) is 3.31. The minimum atomic E-state index is -0.130. The van der Waals surface area contributed by atoms with Gasteiger partial charge in [-0.15, -0.1) is 0 Å². The smallest absolute Gasteiger partial charge is 0.318 e. The maximum absolute atomic E-state index is 12.6. The molecule has 0 aromatic heterocycles. The van der Waals surface area contributed by atoms with Crippen LogP contribution >= 0.6 is 0 Å². The highest BCUT2D eigenvalue weighted by molar-refractivity contribution is 5.84. The topological polar surface area (TPSA) is 65.1 Å². The van der Waals surface area contributed by atoms with E-state index in [1.165, 1.54) is 0 Å². The van der Waals surface area contributed by atoms with Crippen molar-refractivity contribution in [2.24, 2.45) is 0 Å². The Morgan fingerprint density at radius 3 is 2.58 bits per heavy atom. The summed E-state index contributed by atoms with van der Waals surface area (Å²) in [5.41, 5.74) is 0. The third-order valence-electron chi connectivity index (χ3n) is 5.01. The zero-order valence-corrected chi connectivity index (χ0v) is 15.3. The van der Waals surface area contributed by atoms with Gasteiger partial charge in [0.25, 0.3) is 0 Å². The lowest BCUT2D eigenvalue weighted by Gasteiger charge is -2.36. The van der Waals surface area contributed by atoms with Gasteiger partial charge in [-0.1, -0.05) is 6.92 Å². The summed E-state index contributed by atoms with van der Waals surface area (Å²) in [6.45, 7) is 11.9. The van der Waals surface area contributed by atoms with Crippen LogP contribution in [0.4, 0.5) is 4.79 Å². The molecule has 0 aliphatic carbocycles. The van der Waals surface area contributed by atoms with Crippen molar-refractivity contribution < 1.29 is 14.3 Å². The van der Waals surface area contributed by atoms with Gasteiger partial charge in [0, 0.05) is 44.8 Å². The van der Waals surface area contributed by atoms with E-state index in [-0.39, 0.29) is 30.6 Å². The predicted octanol–water partition coefficient (Wildman–Crippen LogP) is 0.750.